The lowest BCUT2D eigenvalue weighted by Crippen LogP contribution is -2.42. The smallest absolute Gasteiger partial charge is 0.0363 e. The van der Waals surface area contributed by atoms with Crippen LogP contribution >= 0.6 is 0 Å². The molecule has 1 aliphatic rings. The van der Waals surface area contributed by atoms with Gasteiger partial charge >= 0.3 is 0 Å². The van der Waals surface area contributed by atoms with Gasteiger partial charge in [0.25, 0.3) is 0 Å². The van der Waals surface area contributed by atoms with E-state index < -0.39 is 0 Å². The largest absolute Gasteiger partial charge is 0.330 e. The molecule has 0 radical (unpaired) electrons. The van der Waals surface area contributed by atoms with Gasteiger partial charge in [0, 0.05) is 25.2 Å². The zero-order valence-electron chi connectivity index (χ0n) is 13.0. The first kappa shape index (κ1) is 15.5. The highest BCUT2D eigenvalue weighted by Crippen LogP contribution is 2.28. The minimum atomic E-state index is 0.470. The molecule has 1 fully saturated rings. The Morgan fingerprint density at radius 1 is 1.25 bits per heavy atom. The number of hydrogen-bond donors (Lipinski definition) is 1. The monoisotopic (exact) mass is 275 g/mol. The maximum Gasteiger partial charge on any atom is 0.0363 e. The lowest BCUT2D eigenvalue weighted by atomic mass is 9.99. The summed E-state index contributed by atoms with van der Waals surface area (Å²) in [4.78, 5) is 5.17. The predicted molar refractivity (Wildman–Crippen MR) is 85.8 cm³/mol. The molecule has 2 rings (SSSR count). The fourth-order valence-electron chi connectivity index (χ4n) is 3.39. The SMILES string of the molecule is CCC1CN(C)CCCN1C(CCN)c1ccccc1. The van der Waals surface area contributed by atoms with Gasteiger partial charge < -0.3 is 10.6 Å². The quantitative estimate of drug-likeness (QED) is 0.896. The summed E-state index contributed by atoms with van der Waals surface area (Å²) in [6.45, 7) is 6.62. The molecule has 2 atom stereocenters. The molecular weight excluding hydrogens is 246 g/mol. The third kappa shape index (κ3) is 3.81. The van der Waals surface area contributed by atoms with Crippen molar-refractivity contribution >= 4 is 0 Å². The van der Waals surface area contributed by atoms with Crippen molar-refractivity contribution in [2.75, 3.05) is 33.2 Å². The van der Waals surface area contributed by atoms with Crippen molar-refractivity contribution in [3.63, 3.8) is 0 Å². The molecule has 1 heterocycles. The summed E-state index contributed by atoms with van der Waals surface area (Å²) in [5, 5.41) is 0. The van der Waals surface area contributed by atoms with Crippen LogP contribution in [0.5, 0.6) is 0 Å². The van der Waals surface area contributed by atoms with Gasteiger partial charge in [0.15, 0.2) is 0 Å². The van der Waals surface area contributed by atoms with E-state index in [9.17, 15) is 0 Å². The number of hydrogen-bond acceptors (Lipinski definition) is 3. The zero-order valence-corrected chi connectivity index (χ0v) is 13.0. The molecule has 3 heteroatoms. The Labute approximate surface area is 123 Å². The Morgan fingerprint density at radius 2 is 2.00 bits per heavy atom. The summed E-state index contributed by atoms with van der Waals surface area (Å²) in [6, 6.07) is 12.0. The van der Waals surface area contributed by atoms with Crippen molar-refractivity contribution in [1.82, 2.24) is 9.80 Å². The fourth-order valence-corrected chi connectivity index (χ4v) is 3.39. The van der Waals surface area contributed by atoms with Crippen LogP contribution in [0, 0.1) is 0 Å². The van der Waals surface area contributed by atoms with Gasteiger partial charge in [-0.25, -0.2) is 0 Å². The van der Waals surface area contributed by atoms with E-state index in [0.717, 1.165) is 13.0 Å². The van der Waals surface area contributed by atoms with E-state index in [1.54, 1.807) is 0 Å². The summed E-state index contributed by atoms with van der Waals surface area (Å²) < 4.78 is 0. The highest BCUT2D eigenvalue weighted by Gasteiger charge is 2.28. The molecule has 20 heavy (non-hydrogen) atoms. The highest BCUT2D eigenvalue weighted by atomic mass is 15.2. The van der Waals surface area contributed by atoms with E-state index in [1.165, 1.54) is 38.0 Å². The Kier molecular flexibility index (Phi) is 6.02. The summed E-state index contributed by atoms with van der Waals surface area (Å²) in [6.07, 6.45) is 3.50. The zero-order chi connectivity index (χ0) is 14.4. The number of nitrogens with zero attached hydrogens (tertiary/aromatic N) is 2. The number of rotatable bonds is 5. The van der Waals surface area contributed by atoms with Crippen LogP contribution < -0.4 is 5.73 Å². The summed E-state index contributed by atoms with van der Waals surface area (Å²) in [5.41, 5.74) is 7.31. The lowest BCUT2D eigenvalue weighted by molar-refractivity contribution is 0.122. The molecule has 0 spiro atoms. The van der Waals surface area contributed by atoms with E-state index in [1.807, 2.05) is 0 Å². The van der Waals surface area contributed by atoms with E-state index >= 15 is 0 Å². The van der Waals surface area contributed by atoms with Crippen molar-refractivity contribution < 1.29 is 0 Å². The topological polar surface area (TPSA) is 32.5 Å². The number of nitrogens with two attached hydrogens (primary N) is 1. The van der Waals surface area contributed by atoms with Gasteiger partial charge in [0.05, 0.1) is 0 Å². The minimum Gasteiger partial charge on any atom is -0.330 e. The van der Waals surface area contributed by atoms with Gasteiger partial charge in [0.2, 0.25) is 0 Å². The van der Waals surface area contributed by atoms with Crippen LogP contribution in [0.3, 0.4) is 0 Å². The average Bonchev–Trinajstić information content (AvgIpc) is 2.67. The normalized spacial score (nSPS) is 23.4. The van der Waals surface area contributed by atoms with Crippen molar-refractivity contribution in [2.45, 2.75) is 38.3 Å². The standard InChI is InChI=1S/C17H29N3/c1-3-16-14-19(2)12-7-13-20(16)17(10-11-18)15-8-5-4-6-9-15/h4-6,8-9,16-17H,3,7,10-14,18H2,1-2H3. The Bertz CT molecular complexity index is 379. The molecule has 1 aliphatic heterocycles. The molecule has 112 valence electrons. The lowest BCUT2D eigenvalue weighted by Gasteiger charge is -2.37. The van der Waals surface area contributed by atoms with E-state index in [-0.39, 0.29) is 0 Å². The molecule has 1 aromatic rings. The van der Waals surface area contributed by atoms with Crippen LogP contribution in [-0.2, 0) is 0 Å². The average molecular weight is 275 g/mol. The maximum atomic E-state index is 5.89. The van der Waals surface area contributed by atoms with Gasteiger partial charge in [-0.2, -0.15) is 0 Å². The molecule has 0 saturated carbocycles. The molecule has 0 amide bonds. The van der Waals surface area contributed by atoms with Gasteiger partial charge in [-0.3, -0.25) is 4.90 Å². The predicted octanol–water partition coefficient (Wildman–Crippen LogP) is 2.49. The molecule has 1 aromatic carbocycles. The van der Waals surface area contributed by atoms with Crippen LogP contribution in [0.25, 0.3) is 0 Å². The van der Waals surface area contributed by atoms with Gasteiger partial charge in [0.1, 0.15) is 0 Å². The first-order valence-electron chi connectivity index (χ1n) is 7.95. The summed E-state index contributed by atoms with van der Waals surface area (Å²) in [5.74, 6) is 0. The molecule has 0 aliphatic carbocycles. The fraction of sp³-hybridized carbons (Fsp3) is 0.647. The van der Waals surface area contributed by atoms with Crippen molar-refractivity contribution in [1.29, 1.82) is 0 Å². The van der Waals surface area contributed by atoms with Crippen molar-refractivity contribution in [3.05, 3.63) is 35.9 Å². The Hall–Kier alpha value is -0.900. The highest BCUT2D eigenvalue weighted by molar-refractivity contribution is 5.19. The second kappa shape index (κ2) is 7.77. The van der Waals surface area contributed by atoms with Crippen molar-refractivity contribution in [2.24, 2.45) is 5.73 Å². The third-order valence-corrected chi connectivity index (χ3v) is 4.44. The van der Waals surface area contributed by atoms with Crippen LogP contribution in [0.15, 0.2) is 30.3 Å². The molecule has 2 N–H and O–H groups in total. The summed E-state index contributed by atoms with van der Waals surface area (Å²) in [7, 11) is 2.24. The molecule has 0 bridgehead atoms. The molecule has 1 saturated heterocycles. The molecular formula is C17H29N3. The van der Waals surface area contributed by atoms with Crippen LogP contribution in [-0.4, -0.2) is 49.1 Å². The second-order valence-corrected chi connectivity index (χ2v) is 5.92. The van der Waals surface area contributed by atoms with Gasteiger partial charge in [-0.05, 0) is 45.0 Å². The second-order valence-electron chi connectivity index (χ2n) is 5.92. The van der Waals surface area contributed by atoms with Crippen LogP contribution in [0.1, 0.15) is 37.8 Å². The first-order valence-corrected chi connectivity index (χ1v) is 7.95. The van der Waals surface area contributed by atoms with Gasteiger partial charge in [-0.1, -0.05) is 37.3 Å². The van der Waals surface area contributed by atoms with Crippen LogP contribution in [0.2, 0.25) is 0 Å². The van der Waals surface area contributed by atoms with Crippen LogP contribution in [0.4, 0.5) is 0 Å². The first-order chi connectivity index (χ1) is 9.76. The van der Waals surface area contributed by atoms with E-state index in [4.69, 9.17) is 5.73 Å². The summed E-state index contributed by atoms with van der Waals surface area (Å²) >= 11 is 0. The molecule has 0 aromatic heterocycles. The van der Waals surface area contributed by atoms with Crippen molar-refractivity contribution in [3.8, 4) is 0 Å². The number of likely N-dealkylation sites (N-methyl/N-ethyl adjacent to an activating group) is 1. The van der Waals surface area contributed by atoms with E-state index in [0.29, 0.717) is 12.1 Å². The molecule has 2 unspecified atom stereocenters. The number of benzene rings is 1. The minimum absolute atomic E-state index is 0.470. The molecule has 3 nitrogen and oxygen atoms in total. The Morgan fingerprint density at radius 3 is 2.65 bits per heavy atom. The van der Waals surface area contributed by atoms with E-state index in [2.05, 4.69) is 54.1 Å². The third-order valence-electron chi connectivity index (χ3n) is 4.44. The van der Waals surface area contributed by atoms with Gasteiger partial charge in [-0.15, -0.1) is 0 Å². The maximum absolute atomic E-state index is 5.89. The Balaban J connectivity index is 2.22.